The zero-order valence-electron chi connectivity index (χ0n) is 41.2. The Morgan fingerprint density at radius 1 is 0.213 bits per heavy atom. The van der Waals surface area contributed by atoms with Crippen molar-refractivity contribution in [3.05, 3.63) is 0 Å². The standard InChI is InChI=1S/3C18H36O2.Gd/c3*1-2-3-4-5-6-7-8-9-10-11-12-13-14-15-16-17-18(19)20;/h3*2-17H2,1H3,(H,19,20);/q;;;+3/p-3. The normalized spacial score (nSPS) is 10.7. The molecule has 0 rings (SSSR count). The summed E-state index contributed by atoms with van der Waals surface area (Å²) >= 11 is 0. The molecule has 1 radical (unpaired) electrons. The van der Waals surface area contributed by atoms with Gasteiger partial charge in [0.1, 0.15) is 0 Å². The molecule has 0 fully saturated rings. The second-order valence-electron chi connectivity index (χ2n) is 18.2. The number of hydrogen-bond acceptors (Lipinski definition) is 6. The molecule has 0 N–H and O–H groups in total. The van der Waals surface area contributed by atoms with Gasteiger partial charge in [0.15, 0.2) is 0 Å². The van der Waals surface area contributed by atoms with Gasteiger partial charge >= 0.3 is 39.9 Å². The predicted molar refractivity (Wildman–Crippen MR) is 254 cm³/mol. The molecular weight excluding hydrogens is 902 g/mol. The largest absolute Gasteiger partial charge is 3.00 e. The summed E-state index contributed by atoms with van der Waals surface area (Å²) in [6.07, 6.45) is 59.6. The summed E-state index contributed by atoms with van der Waals surface area (Å²) in [6.45, 7) is 6.80. The molecule has 0 aromatic heterocycles. The molecule has 0 spiro atoms. The van der Waals surface area contributed by atoms with Crippen molar-refractivity contribution >= 4 is 17.9 Å². The van der Waals surface area contributed by atoms with Crippen LogP contribution < -0.4 is 15.3 Å². The summed E-state index contributed by atoms with van der Waals surface area (Å²) in [5.74, 6) is -2.71. The zero-order chi connectivity index (χ0) is 44.7. The van der Waals surface area contributed by atoms with Gasteiger partial charge in [-0.3, -0.25) is 0 Å². The van der Waals surface area contributed by atoms with Crippen LogP contribution in [0.3, 0.4) is 0 Å². The topological polar surface area (TPSA) is 120 Å². The van der Waals surface area contributed by atoms with Gasteiger partial charge in [-0.15, -0.1) is 0 Å². The molecule has 0 bridgehead atoms. The first kappa shape index (κ1) is 67.3. The molecule has 0 unspecified atom stereocenters. The number of rotatable bonds is 48. The third kappa shape index (κ3) is 77.4. The Kier molecular flexibility index (Phi) is 70.7. The fraction of sp³-hybridized carbons (Fsp3) is 0.944. The third-order valence-electron chi connectivity index (χ3n) is 12.0. The molecule has 0 heterocycles. The quantitative estimate of drug-likeness (QED) is 0.0560. The van der Waals surface area contributed by atoms with Gasteiger partial charge in [-0.2, -0.15) is 0 Å². The van der Waals surface area contributed by atoms with Crippen molar-refractivity contribution in [1.82, 2.24) is 0 Å². The molecule has 0 aliphatic rings. The van der Waals surface area contributed by atoms with Crippen LogP contribution in [-0.4, -0.2) is 17.9 Å². The van der Waals surface area contributed by atoms with E-state index >= 15 is 0 Å². The number of carboxylic acid groups (broad SMARTS) is 3. The maximum atomic E-state index is 10.2. The summed E-state index contributed by atoms with van der Waals surface area (Å²) in [6, 6.07) is 0. The average Bonchev–Trinajstić information content (AvgIpc) is 3.22. The molecule has 0 saturated heterocycles. The van der Waals surface area contributed by atoms with Gasteiger partial charge < -0.3 is 29.7 Å². The first-order valence-electron chi connectivity index (χ1n) is 26.9. The van der Waals surface area contributed by atoms with E-state index in [2.05, 4.69) is 20.8 Å². The summed E-state index contributed by atoms with van der Waals surface area (Å²) in [4.78, 5) is 30.7. The van der Waals surface area contributed by atoms with Gasteiger partial charge in [0.2, 0.25) is 0 Å². The van der Waals surface area contributed by atoms with Crippen LogP contribution in [0.1, 0.15) is 329 Å². The van der Waals surface area contributed by atoms with Gasteiger partial charge in [-0.1, -0.05) is 290 Å². The number of aliphatic carboxylic acids is 3. The number of carboxylic acids is 3. The third-order valence-corrected chi connectivity index (χ3v) is 12.0. The Bertz CT molecular complexity index is 717. The van der Waals surface area contributed by atoms with Gasteiger partial charge in [0, 0.05) is 17.9 Å². The van der Waals surface area contributed by atoms with E-state index in [-0.39, 0.29) is 59.2 Å². The monoisotopic (exact) mass is 1010 g/mol. The fourth-order valence-electron chi connectivity index (χ4n) is 7.92. The van der Waals surface area contributed by atoms with Crippen LogP contribution in [0.4, 0.5) is 0 Å². The first-order valence-corrected chi connectivity index (χ1v) is 26.9. The van der Waals surface area contributed by atoms with Crippen molar-refractivity contribution in [3.8, 4) is 0 Å². The molecule has 0 aliphatic carbocycles. The Balaban J connectivity index is -0.000000396. The van der Waals surface area contributed by atoms with Gasteiger partial charge in [0.05, 0.1) is 0 Å². The fourth-order valence-corrected chi connectivity index (χ4v) is 7.92. The van der Waals surface area contributed by atoms with Crippen molar-refractivity contribution in [2.24, 2.45) is 0 Å². The van der Waals surface area contributed by atoms with Gasteiger partial charge in [-0.25, -0.2) is 0 Å². The van der Waals surface area contributed by atoms with E-state index in [1.54, 1.807) is 0 Å². The van der Waals surface area contributed by atoms with E-state index in [0.29, 0.717) is 0 Å². The van der Waals surface area contributed by atoms with Crippen LogP contribution in [0.25, 0.3) is 0 Å². The summed E-state index contributed by atoms with van der Waals surface area (Å²) in [7, 11) is 0. The molecule has 6 nitrogen and oxygen atoms in total. The predicted octanol–water partition coefficient (Wildman–Crippen LogP) is 15.0. The van der Waals surface area contributed by atoms with E-state index in [1.165, 1.54) is 250 Å². The van der Waals surface area contributed by atoms with E-state index in [0.717, 1.165) is 38.5 Å². The van der Waals surface area contributed by atoms with Crippen LogP contribution in [0.5, 0.6) is 0 Å². The van der Waals surface area contributed by atoms with Crippen molar-refractivity contribution in [2.75, 3.05) is 0 Å². The summed E-state index contributed by atoms with van der Waals surface area (Å²) < 4.78 is 0. The van der Waals surface area contributed by atoms with Gasteiger partial charge in [0.25, 0.3) is 0 Å². The van der Waals surface area contributed by atoms with Crippen LogP contribution in [-0.2, 0) is 14.4 Å². The number of unbranched alkanes of at least 4 members (excludes halogenated alkanes) is 42. The van der Waals surface area contributed by atoms with Crippen molar-refractivity contribution in [3.63, 3.8) is 0 Å². The molecule has 7 heteroatoms. The molecule has 0 atom stereocenters. The van der Waals surface area contributed by atoms with Gasteiger partial charge in [-0.05, 0) is 38.5 Å². The summed E-state index contributed by atoms with van der Waals surface area (Å²) in [5, 5.41) is 30.7. The number of hydrogen-bond donors (Lipinski definition) is 0. The van der Waals surface area contributed by atoms with Crippen LogP contribution in [0.15, 0.2) is 0 Å². The smallest absolute Gasteiger partial charge is 0.550 e. The Labute approximate surface area is 413 Å². The van der Waals surface area contributed by atoms with Crippen molar-refractivity contribution in [1.29, 1.82) is 0 Å². The number of carbonyl (C=O) groups excluding carboxylic acids is 3. The Morgan fingerprint density at radius 3 is 0.410 bits per heavy atom. The van der Waals surface area contributed by atoms with E-state index in [9.17, 15) is 29.7 Å². The van der Waals surface area contributed by atoms with E-state index in [4.69, 9.17) is 0 Å². The average molecular weight is 1010 g/mol. The van der Waals surface area contributed by atoms with Crippen molar-refractivity contribution in [2.45, 2.75) is 329 Å². The minimum Gasteiger partial charge on any atom is -0.550 e. The molecular formula is C54H105GdO6. The second kappa shape index (κ2) is 64.0. The van der Waals surface area contributed by atoms with Crippen LogP contribution in [0.2, 0.25) is 0 Å². The number of carbonyl (C=O) groups is 3. The molecule has 365 valence electrons. The molecule has 0 amide bonds. The van der Waals surface area contributed by atoms with Crippen LogP contribution in [0, 0.1) is 39.9 Å². The Morgan fingerprint density at radius 2 is 0.311 bits per heavy atom. The Hall–Kier alpha value is -0.265. The SMILES string of the molecule is CCCCCCCCCCCCCCCCCC(=O)[O-].CCCCCCCCCCCCCCCCCC(=O)[O-].CCCCCCCCCCCCCCCCCC(=O)[O-].[Gd+3]. The minimum atomic E-state index is -0.903. The zero-order valence-corrected chi connectivity index (χ0v) is 43.5. The van der Waals surface area contributed by atoms with E-state index < -0.39 is 17.9 Å². The minimum absolute atomic E-state index is 0. The van der Waals surface area contributed by atoms with Crippen LogP contribution >= 0.6 is 0 Å². The van der Waals surface area contributed by atoms with Crippen molar-refractivity contribution < 1.29 is 69.6 Å². The maximum Gasteiger partial charge on any atom is 3.00 e. The second-order valence-corrected chi connectivity index (χ2v) is 18.2. The molecule has 0 saturated carbocycles. The first-order chi connectivity index (χ1) is 29.3. The maximum absolute atomic E-state index is 10.2. The molecule has 0 aliphatic heterocycles. The van der Waals surface area contributed by atoms with E-state index in [1.807, 2.05) is 0 Å². The molecule has 0 aromatic carbocycles. The molecule has 61 heavy (non-hydrogen) atoms. The summed E-state index contributed by atoms with van der Waals surface area (Å²) in [5.41, 5.74) is 0. The molecule has 0 aromatic rings.